The molecule has 2 rings (SSSR count). The molecule has 2 aromatic rings. The topological polar surface area (TPSA) is 3.24 Å². The maximum atomic E-state index is 5.22. The molecular weight excluding hydrogens is 270 g/mol. The van der Waals surface area contributed by atoms with Crippen LogP contribution in [0.1, 0.15) is 25.3 Å². The number of benzene rings is 2. The summed E-state index contributed by atoms with van der Waals surface area (Å²) in [7, 11) is 0. The van der Waals surface area contributed by atoms with Crippen molar-refractivity contribution in [3.05, 3.63) is 48.0 Å². The zero-order chi connectivity index (χ0) is 13.7. The smallest absolute Gasteiger partial charge is 0.133 e. The molecule has 0 bridgehead atoms. The van der Waals surface area contributed by atoms with E-state index in [0.29, 0.717) is 4.32 Å². The van der Waals surface area contributed by atoms with Gasteiger partial charge < -0.3 is 4.90 Å². The minimum absolute atomic E-state index is 0.682. The van der Waals surface area contributed by atoms with Gasteiger partial charge in [-0.2, -0.15) is 0 Å². The minimum Gasteiger partial charge on any atom is -0.353 e. The third-order valence-corrected chi connectivity index (χ3v) is 3.78. The molecule has 1 nitrogen and oxygen atoms in total. The average molecular weight is 289 g/mol. The van der Waals surface area contributed by atoms with E-state index < -0.39 is 0 Å². The van der Waals surface area contributed by atoms with Crippen molar-refractivity contribution in [1.29, 1.82) is 0 Å². The van der Waals surface area contributed by atoms with Gasteiger partial charge >= 0.3 is 0 Å². The minimum atomic E-state index is 0.682. The number of hydrogen-bond acceptors (Lipinski definition) is 1. The second kappa shape index (κ2) is 6.92. The third kappa shape index (κ3) is 3.95. The summed E-state index contributed by atoms with van der Waals surface area (Å²) in [5.41, 5.74) is 1.28. The van der Waals surface area contributed by atoms with E-state index in [0.717, 1.165) is 19.5 Å². The molecule has 0 unspecified atom stereocenters. The molecule has 0 saturated carbocycles. The molecule has 3 heteroatoms. The van der Waals surface area contributed by atoms with Crippen molar-refractivity contribution in [2.75, 3.05) is 6.54 Å². The van der Waals surface area contributed by atoms with E-state index in [9.17, 15) is 0 Å². The monoisotopic (exact) mass is 289 g/mol. The Labute approximate surface area is 126 Å². The first-order chi connectivity index (χ1) is 9.20. The molecular formula is C16H19NS2. The highest BCUT2D eigenvalue weighted by Crippen LogP contribution is 2.17. The van der Waals surface area contributed by atoms with Crippen LogP contribution in [-0.2, 0) is 6.54 Å². The molecule has 0 aliphatic carbocycles. The first-order valence-electron chi connectivity index (χ1n) is 6.66. The molecule has 0 heterocycles. The van der Waals surface area contributed by atoms with Crippen LogP contribution in [0, 0.1) is 0 Å². The summed E-state index contributed by atoms with van der Waals surface area (Å²) < 4.78 is 0.682. The lowest BCUT2D eigenvalue weighted by Crippen LogP contribution is -2.26. The van der Waals surface area contributed by atoms with E-state index in [1.807, 2.05) is 0 Å². The molecule has 0 fully saturated rings. The van der Waals surface area contributed by atoms with Crippen molar-refractivity contribution < 1.29 is 0 Å². The molecule has 0 saturated heterocycles. The van der Waals surface area contributed by atoms with Gasteiger partial charge in [-0.1, -0.05) is 62.0 Å². The lowest BCUT2D eigenvalue weighted by molar-refractivity contribution is 0.416. The fourth-order valence-electron chi connectivity index (χ4n) is 2.15. The summed E-state index contributed by atoms with van der Waals surface area (Å²) in [5.74, 6) is 0. The molecule has 0 aliphatic rings. The van der Waals surface area contributed by atoms with Gasteiger partial charge in [0, 0.05) is 13.1 Å². The maximum Gasteiger partial charge on any atom is 0.133 e. The molecule has 0 atom stereocenters. The van der Waals surface area contributed by atoms with Gasteiger partial charge in [0.05, 0.1) is 0 Å². The molecule has 2 aromatic carbocycles. The Kier molecular flexibility index (Phi) is 5.23. The SMILES string of the molecule is CCCCN(Cc1ccc2ccccc2c1)C(=S)S. The standard InChI is InChI=1S/C16H19NS2/c1-2-3-10-17(16(18)19)12-13-8-9-14-6-4-5-7-15(14)11-13/h4-9,11H,2-3,10,12H2,1H3,(H,18,19). The summed E-state index contributed by atoms with van der Waals surface area (Å²) in [5, 5.41) is 2.56. The molecule has 0 aromatic heterocycles. The van der Waals surface area contributed by atoms with Gasteiger partial charge in [0.2, 0.25) is 0 Å². The average Bonchev–Trinajstić information content (AvgIpc) is 2.43. The van der Waals surface area contributed by atoms with Crippen molar-refractivity contribution in [2.45, 2.75) is 26.3 Å². The Hall–Kier alpha value is -1.06. The fourth-order valence-corrected chi connectivity index (χ4v) is 2.48. The Bertz CT molecular complexity index is 565. The molecule has 0 spiro atoms. The van der Waals surface area contributed by atoms with Gasteiger partial charge in [0.25, 0.3) is 0 Å². The Morgan fingerprint density at radius 2 is 1.89 bits per heavy atom. The maximum absolute atomic E-state index is 5.22. The van der Waals surface area contributed by atoms with Gasteiger partial charge in [-0.25, -0.2) is 0 Å². The van der Waals surface area contributed by atoms with E-state index in [4.69, 9.17) is 12.2 Å². The van der Waals surface area contributed by atoms with E-state index in [1.165, 1.54) is 22.8 Å². The molecule has 0 N–H and O–H groups in total. The molecule has 100 valence electrons. The van der Waals surface area contributed by atoms with Crippen LogP contribution in [0.25, 0.3) is 10.8 Å². The summed E-state index contributed by atoms with van der Waals surface area (Å²) in [4.78, 5) is 2.16. The first-order valence-corrected chi connectivity index (χ1v) is 7.52. The van der Waals surface area contributed by atoms with Crippen LogP contribution >= 0.6 is 24.8 Å². The van der Waals surface area contributed by atoms with E-state index >= 15 is 0 Å². The Balaban J connectivity index is 2.16. The largest absolute Gasteiger partial charge is 0.353 e. The lowest BCUT2D eigenvalue weighted by atomic mass is 10.1. The lowest BCUT2D eigenvalue weighted by Gasteiger charge is -2.22. The highest BCUT2D eigenvalue weighted by atomic mass is 32.1. The van der Waals surface area contributed by atoms with Crippen molar-refractivity contribution in [2.24, 2.45) is 0 Å². The number of hydrogen-bond donors (Lipinski definition) is 1. The summed E-state index contributed by atoms with van der Waals surface area (Å²) in [6, 6.07) is 15.0. The fraction of sp³-hybridized carbons (Fsp3) is 0.312. The third-order valence-electron chi connectivity index (χ3n) is 3.24. The van der Waals surface area contributed by atoms with E-state index in [2.05, 4.69) is 66.9 Å². The van der Waals surface area contributed by atoms with Crippen LogP contribution < -0.4 is 0 Å². The highest BCUT2D eigenvalue weighted by Gasteiger charge is 2.07. The number of fused-ring (bicyclic) bond motifs is 1. The van der Waals surface area contributed by atoms with Gasteiger partial charge in [0.1, 0.15) is 4.32 Å². The first kappa shape index (κ1) is 14.4. The number of nitrogens with zero attached hydrogens (tertiary/aromatic N) is 1. The van der Waals surface area contributed by atoms with Gasteiger partial charge in [0.15, 0.2) is 0 Å². The van der Waals surface area contributed by atoms with Crippen molar-refractivity contribution in [3.8, 4) is 0 Å². The second-order valence-corrected chi connectivity index (χ2v) is 5.85. The second-order valence-electron chi connectivity index (χ2n) is 4.74. The summed E-state index contributed by atoms with van der Waals surface area (Å²) in [6.07, 6.45) is 2.32. The Morgan fingerprint density at radius 1 is 1.16 bits per heavy atom. The van der Waals surface area contributed by atoms with Crippen LogP contribution in [0.5, 0.6) is 0 Å². The predicted molar refractivity (Wildman–Crippen MR) is 90.9 cm³/mol. The quantitative estimate of drug-likeness (QED) is 0.630. The number of thiol groups is 1. The normalized spacial score (nSPS) is 10.6. The molecule has 0 aliphatic heterocycles. The zero-order valence-electron chi connectivity index (χ0n) is 11.2. The van der Waals surface area contributed by atoms with E-state index in [-0.39, 0.29) is 0 Å². The zero-order valence-corrected chi connectivity index (χ0v) is 12.9. The van der Waals surface area contributed by atoms with Crippen LogP contribution in [0.4, 0.5) is 0 Å². The summed E-state index contributed by atoms with van der Waals surface area (Å²) in [6.45, 7) is 4.01. The molecule has 19 heavy (non-hydrogen) atoms. The number of rotatable bonds is 5. The van der Waals surface area contributed by atoms with Crippen molar-refractivity contribution in [3.63, 3.8) is 0 Å². The van der Waals surface area contributed by atoms with Crippen molar-refractivity contribution in [1.82, 2.24) is 4.90 Å². The molecule has 0 amide bonds. The van der Waals surface area contributed by atoms with Gasteiger partial charge in [-0.3, -0.25) is 0 Å². The predicted octanol–water partition coefficient (Wildman–Crippen LogP) is 4.66. The van der Waals surface area contributed by atoms with Crippen LogP contribution in [-0.4, -0.2) is 15.8 Å². The number of unbranched alkanes of at least 4 members (excludes halogenated alkanes) is 1. The van der Waals surface area contributed by atoms with Crippen LogP contribution in [0.15, 0.2) is 42.5 Å². The van der Waals surface area contributed by atoms with Crippen molar-refractivity contribution >= 4 is 39.9 Å². The van der Waals surface area contributed by atoms with Crippen LogP contribution in [0.2, 0.25) is 0 Å². The van der Waals surface area contributed by atoms with E-state index in [1.54, 1.807) is 0 Å². The Morgan fingerprint density at radius 3 is 2.58 bits per heavy atom. The van der Waals surface area contributed by atoms with Gasteiger partial charge in [-0.05, 0) is 28.8 Å². The van der Waals surface area contributed by atoms with Gasteiger partial charge in [-0.15, -0.1) is 12.6 Å². The molecule has 0 radical (unpaired) electrons. The van der Waals surface area contributed by atoms with Crippen LogP contribution in [0.3, 0.4) is 0 Å². The summed E-state index contributed by atoms with van der Waals surface area (Å²) >= 11 is 9.54. The highest BCUT2D eigenvalue weighted by molar-refractivity contribution is 8.10. The number of thiocarbonyl (C=S) groups is 1.